The number of benzene rings is 2. The van der Waals surface area contributed by atoms with Crippen molar-refractivity contribution in [1.82, 2.24) is 10.2 Å². The van der Waals surface area contributed by atoms with Gasteiger partial charge in [0.15, 0.2) is 17.5 Å². The number of aliphatic imine (C=N–C) groups is 1. The van der Waals surface area contributed by atoms with Crippen LogP contribution >= 0.6 is 0 Å². The summed E-state index contributed by atoms with van der Waals surface area (Å²) in [5, 5.41) is 3.48. The van der Waals surface area contributed by atoms with Crippen LogP contribution in [0.1, 0.15) is 12.5 Å². The van der Waals surface area contributed by atoms with Gasteiger partial charge in [0.25, 0.3) is 0 Å². The molecule has 0 radical (unpaired) electrons. The van der Waals surface area contributed by atoms with Gasteiger partial charge in [-0.3, -0.25) is 4.99 Å². The second kappa shape index (κ2) is 10.6. The van der Waals surface area contributed by atoms with E-state index in [1.165, 1.54) is 5.69 Å². The second-order valence-electron chi connectivity index (χ2n) is 6.99. The largest absolute Gasteiger partial charge is 0.497 e. The Hall–Kier alpha value is -3.09. The van der Waals surface area contributed by atoms with Crippen molar-refractivity contribution in [1.29, 1.82) is 0 Å². The SMILES string of the molecule is CCOc1cc(CNC(=NC)N2CCN(c3cccc(OC)c3)CC2)ccc1OC. The minimum absolute atomic E-state index is 0.604. The maximum absolute atomic E-state index is 5.68. The minimum Gasteiger partial charge on any atom is -0.497 e. The molecule has 1 heterocycles. The Morgan fingerprint density at radius 3 is 2.47 bits per heavy atom. The molecule has 7 nitrogen and oxygen atoms in total. The van der Waals surface area contributed by atoms with E-state index in [-0.39, 0.29) is 0 Å². The highest BCUT2D eigenvalue weighted by atomic mass is 16.5. The van der Waals surface area contributed by atoms with Crippen LogP contribution in [0.4, 0.5) is 5.69 Å². The Balaban J connectivity index is 1.57. The number of ether oxygens (including phenoxy) is 3. The van der Waals surface area contributed by atoms with E-state index in [4.69, 9.17) is 14.2 Å². The summed E-state index contributed by atoms with van der Waals surface area (Å²) >= 11 is 0. The lowest BCUT2D eigenvalue weighted by atomic mass is 10.2. The van der Waals surface area contributed by atoms with Crippen molar-refractivity contribution in [2.75, 3.05) is 59.0 Å². The van der Waals surface area contributed by atoms with Gasteiger partial charge in [0.2, 0.25) is 0 Å². The fourth-order valence-electron chi connectivity index (χ4n) is 3.60. The average Bonchev–Trinajstić information content (AvgIpc) is 2.80. The fraction of sp³-hybridized carbons (Fsp3) is 0.435. The maximum Gasteiger partial charge on any atom is 0.194 e. The van der Waals surface area contributed by atoms with Crippen LogP contribution in [0, 0.1) is 0 Å². The van der Waals surface area contributed by atoms with Crippen LogP contribution in [0.3, 0.4) is 0 Å². The van der Waals surface area contributed by atoms with E-state index in [0.29, 0.717) is 13.2 Å². The molecule has 0 aliphatic carbocycles. The molecule has 0 amide bonds. The summed E-state index contributed by atoms with van der Waals surface area (Å²) in [6.07, 6.45) is 0. The highest BCUT2D eigenvalue weighted by Gasteiger charge is 2.20. The van der Waals surface area contributed by atoms with Crippen LogP contribution in [0.25, 0.3) is 0 Å². The first-order valence-electron chi connectivity index (χ1n) is 10.3. The van der Waals surface area contributed by atoms with E-state index in [1.54, 1.807) is 14.2 Å². The molecule has 1 saturated heterocycles. The van der Waals surface area contributed by atoms with Crippen molar-refractivity contribution in [2.45, 2.75) is 13.5 Å². The maximum atomic E-state index is 5.68. The summed E-state index contributed by atoms with van der Waals surface area (Å²) in [5.74, 6) is 3.31. The van der Waals surface area contributed by atoms with Gasteiger partial charge in [0.1, 0.15) is 5.75 Å². The van der Waals surface area contributed by atoms with Crippen LogP contribution in [0.15, 0.2) is 47.5 Å². The van der Waals surface area contributed by atoms with Gasteiger partial charge in [-0.25, -0.2) is 0 Å². The molecule has 2 aromatic rings. The molecule has 1 N–H and O–H groups in total. The van der Waals surface area contributed by atoms with E-state index < -0.39 is 0 Å². The van der Waals surface area contributed by atoms with Gasteiger partial charge < -0.3 is 29.3 Å². The average molecular weight is 413 g/mol. The number of piperazine rings is 1. The van der Waals surface area contributed by atoms with Crippen LogP contribution in [-0.2, 0) is 6.54 Å². The zero-order valence-electron chi connectivity index (χ0n) is 18.4. The smallest absolute Gasteiger partial charge is 0.194 e. The first-order valence-corrected chi connectivity index (χ1v) is 10.3. The molecule has 7 heteroatoms. The molecular weight excluding hydrogens is 380 g/mol. The third-order valence-electron chi connectivity index (χ3n) is 5.19. The van der Waals surface area contributed by atoms with Crippen molar-refractivity contribution >= 4 is 11.6 Å². The first-order chi connectivity index (χ1) is 14.7. The second-order valence-corrected chi connectivity index (χ2v) is 6.99. The van der Waals surface area contributed by atoms with Crippen molar-refractivity contribution < 1.29 is 14.2 Å². The lowest BCUT2D eigenvalue weighted by molar-refractivity contribution is 0.310. The molecule has 30 heavy (non-hydrogen) atoms. The molecule has 3 rings (SSSR count). The summed E-state index contributed by atoms with van der Waals surface area (Å²) in [5.41, 5.74) is 2.31. The predicted octanol–water partition coefficient (Wildman–Crippen LogP) is 3.00. The van der Waals surface area contributed by atoms with Crippen molar-refractivity contribution in [2.24, 2.45) is 4.99 Å². The molecule has 1 fully saturated rings. The summed E-state index contributed by atoms with van der Waals surface area (Å²) in [6, 6.07) is 14.2. The quantitative estimate of drug-likeness (QED) is 0.557. The highest BCUT2D eigenvalue weighted by molar-refractivity contribution is 5.80. The van der Waals surface area contributed by atoms with Gasteiger partial charge in [-0.05, 0) is 36.8 Å². The monoisotopic (exact) mass is 412 g/mol. The van der Waals surface area contributed by atoms with Gasteiger partial charge in [-0.2, -0.15) is 0 Å². The molecule has 0 spiro atoms. The van der Waals surface area contributed by atoms with E-state index in [0.717, 1.165) is 55.0 Å². The van der Waals surface area contributed by atoms with E-state index in [1.807, 2.05) is 44.3 Å². The Morgan fingerprint density at radius 2 is 1.80 bits per heavy atom. The van der Waals surface area contributed by atoms with Crippen LogP contribution in [0.5, 0.6) is 17.2 Å². The van der Waals surface area contributed by atoms with E-state index >= 15 is 0 Å². The Morgan fingerprint density at radius 1 is 1.00 bits per heavy atom. The van der Waals surface area contributed by atoms with Crippen LogP contribution in [-0.4, -0.2) is 64.9 Å². The molecule has 0 saturated carbocycles. The zero-order chi connectivity index (χ0) is 21.3. The summed E-state index contributed by atoms with van der Waals surface area (Å²) < 4.78 is 16.4. The van der Waals surface area contributed by atoms with Gasteiger partial charge in [-0.1, -0.05) is 12.1 Å². The van der Waals surface area contributed by atoms with Gasteiger partial charge in [0.05, 0.1) is 20.8 Å². The number of nitrogens with zero attached hydrogens (tertiary/aromatic N) is 3. The topological polar surface area (TPSA) is 58.6 Å². The van der Waals surface area contributed by atoms with E-state index in [2.05, 4.69) is 32.2 Å². The Kier molecular flexibility index (Phi) is 7.65. The number of rotatable bonds is 7. The van der Waals surface area contributed by atoms with Crippen LogP contribution in [0.2, 0.25) is 0 Å². The zero-order valence-corrected chi connectivity index (χ0v) is 18.4. The van der Waals surface area contributed by atoms with Gasteiger partial charge >= 0.3 is 0 Å². The number of anilines is 1. The summed E-state index contributed by atoms with van der Waals surface area (Å²) in [6.45, 7) is 6.93. The molecule has 162 valence electrons. The molecule has 0 atom stereocenters. The predicted molar refractivity (Wildman–Crippen MR) is 121 cm³/mol. The molecule has 1 aliphatic heterocycles. The lowest BCUT2D eigenvalue weighted by Crippen LogP contribution is -2.52. The molecule has 1 aliphatic rings. The summed E-state index contributed by atoms with van der Waals surface area (Å²) in [7, 11) is 5.19. The lowest BCUT2D eigenvalue weighted by Gasteiger charge is -2.37. The minimum atomic E-state index is 0.604. The molecular formula is C23H32N4O3. The number of guanidine groups is 1. The third-order valence-corrected chi connectivity index (χ3v) is 5.19. The normalized spacial score (nSPS) is 14.5. The number of nitrogens with one attached hydrogen (secondary N) is 1. The first kappa shape index (κ1) is 21.6. The third kappa shape index (κ3) is 5.28. The number of methoxy groups -OCH3 is 2. The highest BCUT2D eigenvalue weighted by Crippen LogP contribution is 2.28. The molecule has 0 aromatic heterocycles. The molecule has 0 bridgehead atoms. The van der Waals surface area contributed by atoms with Gasteiger partial charge in [0, 0.05) is 51.5 Å². The number of hydrogen-bond donors (Lipinski definition) is 1. The summed E-state index contributed by atoms with van der Waals surface area (Å²) in [4.78, 5) is 9.16. The Bertz CT molecular complexity index is 848. The van der Waals surface area contributed by atoms with Crippen LogP contribution < -0.4 is 24.4 Å². The van der Waals surface area contributed by atoms with Gasteiger partial charge in [-0.15, -0.1) is 0 Å². The molecule has 0 unspecified atom stereocenters. The fourth-order valence-corrected chi connectivity index (χ4v) is 3.60. The van der Waals surface area contributed by atoms with Crippen molar-refractivity contribution in [3.63, 3.8) is 0 Å². The van der Waals surface area contributed by atoms with E-state index in [9.17, 15) is 0 Å². The Labute approximate surface area is 179 Å². The number of hydrogen-bond acceptors (Lipinski definition) is 5. The standard InChI is InChI=1S/C23H32N4O3/c1-5-30-22-15-18(9-10-21(22)29-4)17-25-23(24-2)27-13-11-26(12-14-27)19-7-6-8-20(16-19)28-3/h6-10,15-16H,5,11-14,17H2,1-4H3,(H,24,25). The van der Waals surface area contributed by atoms with Crippen molar-refractivity contribution in [3.8, 4) is 17.2 Å². The molecule has 2 aromatic carbocycles. The van der Waals surface area contributed by atoms with Crippen molar-refractivity contribution in [3.05, 3.63) is 48.0 Å².